The molecular weight excluding hydrogens is 315 g/mol. The number of aromatic nitrogens is 2. The fourth-order valence-electron chi connectivity index (χ4n) is 2.48. The Labute approximate surface area is 138 Å². The molecule has 2 aromatic rings. The average molecular weight is 334 g/mol. The van der Waals surface area contributed by atoms with E-state index in [9.17, 15) is 9.18 Å². The molecule has 1 aromatic carbocycles. The predicted octanol–water partition coefficient (Wildman–Crippen LogP) is 1.20. The highest BCUT2D eigenvalue weighted by Gasteiger charge is 2.21. The van der Waals surface area contributed by atoms with Crippen molar-refractivity contribution < 1.29 is 18.4 Å². The summed E-state index contributed by atoms with van der Waals surface area (Å²) in [6.07, 6.45) is 2.34. The second-order valence-electron chi connectivity index (χ2n) is 5.54. The Morgan fingerprint density at radius 1 is 1.50 bits per heavy atom. The largest absolute Gasteiger partial charge is 0.485 e. The van der Waals surface area contributed by atoms with Gasteiger partial charge in [-0.25, -0.2) is 4.39 Å². The second-order valence-corrected chi connectivity index (χ2v) is 5.54. The van der Waals surface area contributed by atoms with E-state index in [0.29, 0.717) is 30.4 Å². The zero-order chi connectivity index (χ0) is 16.8. The Kier molecular flexibility index (Phi) is 5.37. The molecule has 1 aliphatic heterocycles. The van der Waals surface area contributed by atoms with Crippen LogP contribution < -0.4 is 15.4 Å². The smallest absolute Gasteiger partial charge is 0.237 e. The van der Waals surface area contributed by atoms with Gasteiger partial charge in [0.15, 0.2) is 6.61 Å². The monoisotopic (exact) mass is 334 g/mol. The zero-order valence-electron chi connectivity index (χ0n) is 13.1. The van der Waals surface area contributed by atoms with Gasteiger partial charge in [-0.15, -0.1) is 0 Å². The van der Waals surface area contributed by atoms with Crippen molar-refractivity contribution in [2.75, 3.05) is 13.1 Å². The highest BCUT2D eigenvalue weighted by atomic mass is 19.1. The summed E-state index contributed by atoms with van der Waals surface area (Å²) in [5.74, 6) is 0.832. The quantitative estimate of drug-likeness (QED) is 0.791. The molecule has 3 rings (SSSR count). The normalized spacial score (nSPS) is 17.0. The van der Waals surface area contributed by atoms with Gasteiger partial charge in [-0.05, 0) is 31.5 Å². The first-order valence-electron chi connectivity index (χ1n) is 7.91. The van der Waals surface area contributed by atoms with Crippen LogP contribution in [0.15, 0.2) is 28.8 Å². The van der Waals surface area contributed by atoms with Crippen molar-refractivity contribution in [3.63, 3.8) is 0 Å². The van der Waals surface area contributed by atoms with Crippen molar-refractivity contribution in [1.82, 2.24) is 20.8 Å². The van der Waals surface area contributed by atoms with Gasteiger partial charge in [-0.2, -0.15) is 4.98 Å². The molecule has 128 valence electrons. The predicted molar refractivity (Wildman–Crippen MR) is 82.8 cm³/mol. The van der Waals surface area contributed by atoms with Crippen LogP contribution in [0.5, 0.6) is 5.75 Å². The summed E-state index contributed by atoms with van der Waals surface area (Å²) in [4.78, 5) is 16.0. The zero-order valence-corrected chi connectivity index (χ0v) is 13.1. The summed E-state index contributed by atoms with van der Waals surface area (Å²) < 4.78 is 23.5. The number of carbonyl (C=O) groups is 1. The molecule has 1 saturated heterocycles. The van der Waals surface area contributed by atoms with Crippen molar-refractivity contribution in [3.05, 3.63) is 41.8 Å². The first-order chi connectivity index (χ1) is 11.7. The topological polar surface area (TPSA) is 89.3 Å². The van der Waals surface area contributed by atoms with Gasteiger partial charge in [-0.3, -0.25) is 4.79 Å². The Bertz CT molecular complexity index is 685. The molecule has 1 aliphatic rings. The van der Waals surface area contributed by atoms with Crippen LogP contribution in [0.1, 0.15) is 24.6 Å². The van der Waals surface area contributed by atoms with Gasteiger partial charge in [0.25, 0.3) is 0 Å². The number of carbonyl (C=O) groups excluding carboxylic acids is 1. The number of nitrogens with one attached hydrogen (secondary N) is 2. The Balaban J connectivity index is 1.41. The molecule has 1 fully saturated rings. The standard InChI is InChI=1S/C16H19FN4O3/c17-11-3-1-4-12(9-11)23-10-14-20-15(24-21-14)6-8-19-16(22)13-5-2-7-18-13/h1,3-4,9,13,18H,2,5-8,10H2,(H,19,22). The van der Waals surface area contributed by atoms with Crippen molar-refractivity contribution in [2.24, 2.45) is 0 Å². The highest BCUT2D eigenvalue weighted by Crippen LogP contribution is 2.13. The molecule has 0 spiro atoms. The van der Waals surface area contributed by atoms with E-state index in [2.05, 4.69) is 20.8 Å². The fraction of sp³-hybridized carbons (Fsp3) is 0.438. The maximum absolute atomic E-state index is 13.0. The van der Waals surface area contributed by atoms with E-state index in [0.717, 1.165) is 19.4 Å². The van der Waals surface area contributed by atoms with Crippen LogP contribution in [-0.2, 0) is 17.8 Å². The molecule has 24 heavy (non-hydrogen) atoms. The van der Waals surface area contributed by atoms with Crippen LogP contribution in [-0.4, -0.2) is 35.2 Å². The summed E-state index contributed by atoms with van der Waals surface area (Å²) in [7, 11) is 0. The molecular formula is C16H19FN4O3. The molecule has 0 saturated carbocycles. The molecule has 0 bridgehead atoms. The summed E-state index contributed by atoms with van der Waals surface area (Å²) in [5, 5.41) is 9.78. The van der Waals surface area contributed by atoms with Crippen LogP contribution in [0.25, 0.3) is 0 Å². The van der Waals surface area contributed by atoms with E-state index in [1.807, 2.05) is 0 Å². The fourth-order valence-corrected chi connectivity index (χ4v) is 2.48. The lowest BCUT2D eigenvalue weighted by molar-refractivity contribution is -0.122. The number of hydrogen-bond acceptors (Lipinski definition) is 6. The first kappa shape index (κ1) is 16.4. The second kappa shape index (κ2) is 7.87. The number of nitrogens with zero attached hydrogens (tertiary/aromatic N) is 2. The van der Waals surface area contributed by atoms with Gasteiger partial charge >= 0.3 is 0 Å². The lowest BCUT2D eigenvalue weighted by Crippen LogP contribution is -2.41. The minimum atomic E-state index is -0.367. The molecule has 2 N–H and O–H groups in total. The average Bonchev–Trinajstić information content (AvgIpc) is 3.25. The van der Waals surface area contributed by atoms with E-state index in [1.165, 1.54) is 12.1 Å². The first-order valence-corrected chi connectivity index (χ1v) is 7.91. The van der Waals surface area contributed by atoms with Crippen LogP contribution in [0, 0.1) is 5.82 Å². The molecule has 7 nitrogen and oxygen atoms in total. The minimum Gasteiger partial charge on any atom is -0.485 e. The minimum absolute atomic E-state index is 0.00155. The molecule has 2 heterocycles. The van der Waals surface area contributed by atoms with Crippen molar-refractivity contribution in [2.45, 2.75) is 31.9 Å². The van der Waals surface area contributed by atoms with E-state index >= 15 is 0 Å². The van der Waals surface area contributed by atoms with Crippen LogP contribution in [0.3, 0.4) is 0 Å². The SMILES string of the molecule is O=C(NCCc1nc(COc2cccc(F)c2)no1)C1CCCN1. The Hall–Kier alpha value is -2.48. The molecule has 1 amide bonds. The van der Waals surface area contributed by atoms with Crippen molar-refractivity contribution >= 4 is 5.91 Å². The van der Waals surface area contributed by atoms with Gasteiger partial charge in [0.2, 0.25) is 17.6 Å². The Morgan fingerprint density at radius 2 is 2.42 bits per heavy atom. The van der Waals surface area contributed by atoms with Gasteiger partial charge in [0.05, 0.1) is 6.04 Å². The van der Waals surface area contributed by atoms with Gasteiger partial charge in [0, 0.05) is 19.0 Å². The maximum atomic E-state index is 13.0. The van der Waals surface area contributed by atoms with Gasteiger partial charge in [0.1, 0.15) is 11.6 Å². The van der Waals surface area contributed by atoms with E-state index < -0.39 is 0 Å². The molecule has 1 aromatic heterocycles. The Morgan fingerprint density at radius 3 is 3.21 bits per heavy atom. The number of amides is 1. The lowest BCUT2D eigenvalue weighted by atomic mass is 10.2. The summed E-state index contributed by atoms with van der Waals surface area (Å²) in [5.41, 5.74) is 0. The maximum Gasteiger partial charge on any atom is 0.237 e. The van der Waals surface area contributed by atoms with E-state index in [-0.39, 0.29) is 24.4 Å². The lowest BCUT2D eigenvalue weighted by Gasteiger charge is -2.09. The van der Waals surface area contributed by atoms with Crippen LogP contribution >= 0.6 is 0 Å². The van der Waals surface area contributed by atoms with Crippen molar-refractivity contribution in [1.29, 1.82) is 0 Å². The molecule has 0 aliphatic carbocycles. The van der Waals surface area contributed by atoms with Crippen LogP contribution in [0.2, 0.25) is 0 Å². The van der Waals surface area contributed by atoms with Crippen molar-refractivity contribution in [3.8, 4) is 5.75 Å². The third-order valence-electron chi connectivity index (χ3n) is 3.69. The summed E-state index contributed by atoms with van der Waals surface area (Å²) in [6, 6.07) is 5.75. The number of halogens is 1. The van der Waals surface area contributed by atoms with Gasteiger partial charge < -0.3 is 19.9 Å². The highest BCUT2D eigenvalue weighted by molar-refractivity contribution is 5.81. The molecule has 1 unspecified atom stereocenters. The molecule has 8 heteroatoms. The van der Waals surface area contributed by atoms with Crippen LogP contribution in [0.4, 0.5) is 4.39 Å². The van der Waals surface area contributed by atoms with E-state index in [1.54, 1.807) is 12.1 Å². The van der Waals surface area contributed by atoms with Gasteiger partial charge in [-0.1, -0.05) is 11.2 Å². The van der Waals surface area contributed by atoms with E-state index in [4.69, 9.17) is 9.26 Å². The summed E-state index contributed by atoms with van der Waals surface area (Å²) in [6.45, 7) is 1.41. The number of rotatable bonds is 7. The number of hydrogen-bond donors (Lipinski definition) is 2. The number of benzene rings is 1. The third-order valence-corrected chi connectivity index (χ3v) is 3.69. The summed E-state index contributed by atoms with van der Waals surface area (Å²) >= 11 is 0. The number of ether oxygens (including phenoxy) is 1. The molecule has 0 radical (unpaired) electrons. The third kappa shape index (κ3) is 4.51. The molecule has 1 atom stereocenters.